The maximum atomic E-state index is 13.3. The van der Waals surface area contributed by atoms with Crippen molar-refractivity contribution in [2.24, 2.45) is 5.10 Å². The van der Waals surface area contributed by atoms with Crippen LogP contribution in [0.2, 0.25) is 0 Å². The molecule has 0 unspecified atom stereocenters. The SMILES string of the molecule is Cc1ccc(C2=NN(C(=O)CN3C(=O)N[C@H](Cc4ccccc4)C3=O)[C@@H](c3ccco3)C2)cc1. The molecule has 1 aromatic heterocycles. The quantitative estimate of drug-likeness (QED) is 0.575. The van der Waals surface area contributed by atoms with Crippen molar-refractivity contribution in [3.05, 3.63) is 95.4 Å². The van der Waals surface area contributed by atoms with Gasteiger partial charge in [-0.05, 0) is 30.2 Å². The van der Waals surface area contributed by atoms with Gasteiger partial charge in [0.2, 0.25) is 0 Å². The molecular formula is C26H24N4O4. The van der Waals surface area contributed by atoms with Crippen LogP contribution in [0.15, 0.2) is 82.5 Å². The molecule has 4 amide bonds. The number of furan rings is 1. The number of hydrogen-bond donors (Lipinski definition) is 1. The zero-order valence-electron chi connectivity index (χ0n) is 18.7. The summed E-state index contributed by atoms with van der Waals surface area (Å²) >= 11 is 0. The summed E-state index contributed by atoms with van der Waals surface area (Å²) in [5.41, 5.74) is 3.71. The number of imide groups is 1. The first-order chi connectivity index (χ1) is 16.5. The van der Waals surface area contributed by atoms with E-state index in [0.29, 0.717) is 18.6 Å². The van der Waals surface area contributed by atoms with E-state index in [1.807, 2.05) is 61.5 Å². The van der Waals surface area contributed by atoms with Crippen LogP contribution >= 0.6 is 0 Å². The number of rotatable bonds is 6. The van der Waals surface area contributed by atoms with Crippen molar-refractivity contribution in [3.63, 3.8) is 0 Å². The lowest BCUT2D eigenvalue weighted by molar-refractivity contribution is -0.138. The molecule has 0 spiro atoms. The predicted octanol–water partition coefficient (Wildman–Crippen LogP) is 3.43. The van der Waals surface area contributed by atoms with E-state index in [0.717, 1.165) is 27.3 Å². The van der Waals surface area contributed by atoms with Crippen LogP contribution in [0.3, 0.4) is 0 Å². The highest BCUT2D eigenvalue weighted by Crippen LogP contribution is 2.33. The van der Waals surface area contributed by atoms with Crippen LogP contribution < -0.4 is 5.32 Å². The van der Waals surface area contributed by atoms with Gasteiger partial charge in [-0.2, -0.15) is 5.10 Å². The van der Waals surface area contributed by atoms with Crippen LogP contribution in [-0.4, -0.2) is 46.1 Å². The number of hydrogen-bond acceptors (Lipinski definition) is 5. The molecule has 3 heterocycles. The van der Waals surface area contributed by atoms with Crippen molar-refractivity contribution >= 4 is 23.6 Å². The van der Waals surface area contributed by atoms with Crippen molar-refractivity contribution in [1.29, 1.82) is 0 Å². The molecule has 2 aliphatic rings. The average Bonchev–Trinajstić information content (AvgIpc) is 3.57. The van der Waals surface area contributed by atoms with E-state index >= 15 is 0 Å². The Labute approximate surface area is 196 Å². The summed E-state index contributed by atoms with van der Waals surface area (Å²) in [6, 6.07) is 19.2. The summed E-state index contributed by atoms with van der Waals surface area (Å²) in [6.45, 7) is 1.61. The van der Waals surface area contributed by atoms with Crippen molar-refractivity contribution in [3.8, 4) is 0 Å². The van der Waals surface area contributed by atoms with E-state index in [-0.39, 0.29) is 0 Å². The number of carbonyl (C=O) groups excluding carboxylic acids is 3. The minimum Gasteiger partial charge on any atom is -0.467 e. The lowest BCUT2D eigenvalue weighted by Crippen LogP contribution is -2.41. The molecule has 0 radical (unpaired) electrons. The molecule has 1 fully saturated rings. The molecule has 5 rings (SSSR count). The molecule has 2 atom stereocenters. The second-order valence-electron chi connectivity index (χ2n) is 8.50. The van der Waals surface area contributed by atoms with Gasteiger partial charge in [0.05, 0.1) is 12.0 Å². The first kappa shape index (κ1) is 21.6. The summed E-state index contributed by atoms with van der Waals surface area (Å²) in [5.74, 6) is -0.274. The molecule has 172 valence electrons. The van der Waals surface area contributed by atoms with Gasteiger partial charge >= 0.3 is 6.03 Å². The Morgan fingerprint density at radius 1 is 1.06 bits per heavy atom. The number of benzene rings is 2. The van der Waals surface area contributed by atoms with E-state index in [1.165, 1.54) is 5.01 Å². The van der Waals surface area contributed by atoms with E-state index in [1.54, 1.807) is 18.4 Å². The normalized spacial score (nSPS) is 20.0. The molecule has 0 bridgehead atoms. The fourth-order valence-corrected chi connectivity index (χ4v) is 4.29. The summed E-state index contributed by atoms with van der Waals surface area (Å²) in [7, 11) is 0. The van der Waals surface area contributed by atoms with Gasteiger partial charge in [-0.1, -0.05) is 60.2 Å². The minimum absolute atomic E-state index is 0.366. The minimum atomic E-state index is -0.700. The average molecular weight is 457 g/mol. The second-order valence-corrected chi connectivity index (χ2v) is 8.50. The molecule has 3 aromatic rings. The number of nitrogens with one attached hydrogen (secondary N) is 1. The van der Waals surface area contributed by atoms with Crippen molar-refractivity contribution in [2.45, 2.75) is 31.8 Å². The fourth-order valence-electron chi connectivity index (χ4n) is 4.29. The second kappa shape index (κ2) is 8.97. The smallest absolute Gasteiger partial charge is 0.325 e. The van der Waals surface area contributed by atoms with Crippen LogP contribution in [0.25, 0.3) is 0 Å². The summed E-state index contributed by atoms with van der Waals surface area (Å²) in [5, 5.41) is 8.60. The Morgan fingerprint density at radius 3 is 2.53 bits per heavy atom. The van der Waals surface area contributed by atoms with Gasteiger partial charge in [0.25, 0.3) is 11.8 Å². The van der Waals surface area contributed by atoms with Gasteiger partial charge in [-0.25, -0.2) is 9.80 Å². The lowest BCUT2D eigenvalue weighted by Gasteiger charge is -2.22. The predicted molar refractivity (Wildman–Crippen MR) is 125 cm³/mol. The number of urea groups is 1. The van der Waals surface area contributed by atoms with Gasteiger partial charge in [-0.3, -0.25) is 14.5 Å². The fraction of sp³-hybridized carbons (Fsp3) is 0.231. The van der Waals surface area contributed by atoms with Gasteiger partial charge in [0, 0.05) is 12.8 Å². The summed E-state index contributed by atoms with van der Waals surface area (Å²) < 4.78 is 5.57. The number of hydrazone groups is 1. The Morgan fingerprint density at radius 2 is 1.82 bits per heavy atom. The number of amides is 4. The summed E-state index contributed by atoms with van der Waals surface area (Å²) in [6.07, 6.45) is 2.39. The van der Waals surface area contributed by atoms with Gasteiger partial charge in [0.1, 0.15) is 24.4 Å². The zero-order valence-corrected chi connectivity index (χ0v) is 18.7. The number of carbonyl (C=O) groups is 3. The highest BCUT2D eigenvalue weighted by molar-refractivity contribution is 6.07. The largest absolute Gasteiger partial charge is 0.467 e. The van der Waals surface area contributed by atoms with Gasteiger partial charge in [-0.15, -0.1) is 0 Å². The van der Waals surface area contributed by atoms with E-state index in [2.05, 4.69) is 10.4 Å². The molecule has 0 saturated carbocycles. The van der Waals surface area contributed by atoms with E-state index in [4.69, 9.17) is 4.42 Å². The Hall–Kier alpha value is -4.20. The third kappa shape index (κ3) is 4.22. The third-order valence-corrected chi connectivity index (χ3v) is 6.11. The van der Waals surface area contributed by atoms with Crippen LogP contribution in [0, 0.1) is 6.92 Å². The first-order valence-corrected chi connectivity index (χ1v) is 11.2. The van der Waals surface area contributed by atoms with Gasteiger partial charge < -0.3 is 9.73 Å². The molecule has 1 saturated heterocycles. The van der Waals surface area contributed by atoms with E-state index in [9.17, 15) is 14.4 Å². The molecule has 2 aromatic carbocycles. The Balaban J connectivity index is 1.34. The van der Waals surface area contributed by atoms with Crippen LogP contribution in [0.4, 0.5) is 4.79 Å². The summed E-state index contributed by atoms with van der Waals surface area (Å²) in [4.78, 5) is 39.7. The molecule has 8 nitrogen and oxygen atoms in total. The van der Waals surface area contributed by atoms with Crippen molar-refractivity contribution in [1.82, 2.24) is 15.2 Å². The molecule has 8 heteroatoms. The van der Waals surface area contributed by atoms with Crippen LogP contribution in [0.5, 0.6) is 0 Å². The van der Waals surface area contributed by atoms with E-state index < -0.39 is 36.5 Å². The van der Waals surface area contributed by atoms with Gasteiger partial charge in [0.15, 0.2) is 0 Å². The van der Waals surface area contributed by atoms with Crippen molar-refractivity contribution in [2.75, 3.05) is 6.54 Å². The number of nitrogens with zero attached hydrogens (tertiary/aromatic N) is 3. The van der Waals surface area contributed by atoms with Crippen molar-refractivity contribution < 1.29 is 18.8 Å². The highest BCUT2D eigenvalue weighted by atomic mass is 16.3. The van der Waals surface area contributed by atoms with Crippen LogP contribution in [0.1, 0.15) is 34.9 Å². The maximum Gasteiger partial charge on any atom is 0.325 e. The Bertz CT molecular complexity index is 1240. The highest BCUT2D eigenvalue weighted by Gasteiger charge is 2.42. The Kier molecular flexibility index (Phi) is 5.71. The molecule has 34 heavy (non-hydrogen) atoms. The maximum absolute atomic E-state index is 13.3. The molecule has 2 aliphatic heterocycles. The molecule has 1 N–H and O–H groups in total. The van der Waals surface area contributed by atoms with Crippen LogP contribution in [-0.2, 0) is 16.0 Å². The standard InChI is InChI=1S/C26H24N4O4/c1-17-9-11-19(12-10-17)20-15-22(23-8-5-13-34-23)30(28-20)24(31)16-29-25(32)21(27-26(29)33)14-18-6-3-2-4-7-18/h2-13,21-22H,14-16H2,1H3,(H,27,33)/t21-,22-/m1/s1. The first-order valence-electron chi connectivity index (χ1n) is 11.2. The zero-order chi connectivity index (χ0) is 23.7. The third-order valence-electron chi connectivity index (χ3n) is 6.11. The molecular weight excluding hydrogens is 432 g/mol. The number of aryl methyl sites for hydroxylation is 1. The topological polar surface area (TPSA) is 95.2 Å². The lowest BCUT2D eigenvalue weighted by atomic mass is 10.0. The monoisotopic (exact) mass is 456 g/mol. The molecule has 0 aliphatic carbocycles.